The normalized spacial score (nSPS) is 10.8. The Bertz CT molecular complexity index is 514. The van der Waals surface area contributed by atoms with Crippen molar-refractivity contribution in [2.75, 3.05) is 25.5 Å². The van der Waals surface area contributed by atoms with Gasteiger partial charge in [0.25, 0.3) is 0 Å². The number of aryl methyl sites for hydroxylation is 1. The second kappa shape index (κ2) is 8.37. The molecule has 0 aliphatic rings. The SMILES string of the molecule is C=CCNC(=NC)NCC(=O)Nc1cc(Br)ccc1C. The van der Waals surface area contributed by atoms with Gasteiger partial charge in [-0.25, -0.2) is 0 Å². The molecule has 20 heavy (non-hydrogen) atoms. The lowest BCUT2D eigenvalue weighted by molar-refractivity contribution is -0.115. The Labute approximate surface area is 127 Å². The molecule has 1 amide bonds. The first-order chi connectivity index (χ1) is 9.56. The second-order valence-electron chi connectivity index (χ2n) is 4.10. The summed E-state index contributed by atoms with van der Waals surface area (Å²) in [7, 11) is 1.65. The van der Waals surface area contributed by atoms with Crippen molar-refractivity contribution in [2.24, 2.45) is 4.99 Å². The largest absolute Gasteiger partial charge is 0.353 e. The van der Waals surface area contributed by atoms with Gasteiger partial charge in [0.2, 0.25) is 5.91 Å². The number of hydrogen-bond acceptors (Lipinski definition) is 2. The average Bonchev–Trinajstić information content (AvgIpc) is 2.43. The van der Waals surface area contributed by atoms with E-state index in [1.54, 1.807) is 13.1 Å². The van der Waals surface area contributed by atoms with E-state index in [1.165, 1.54) is 0 Å². The van der Waals surface area contributed by atoms with Gasteiger partial charge in [-0.2, -0.15) is 0 Å². The summed E-state index contributed by atoms with van der Waals surface area (Å²) in [5.41, 5.74) is 1.80. The van der Waals surface area contributed by atoms with E-state index < -0.39 is 0 Å². The number of carbonyl (C=O) groups is 1. The number of hydrogen-bond donors (Lipinski definition) is 3. The summed E-state index contributed by atoms with van der Waals surface area (Å²) in [5, 5.41) is 8.77. The Morgan fingerprint density at radius 3 is 2.85 bits per heavy atom. The molecule has 1 aromatic carbocycles. The molecule has 0 unspecified atom stereocenters. The van der Waals surface area contributed by atoms with Crippen LogP contribution in [-0.4, -0.2) is 32.0 Å². The zero-order chi connectivity index (χ0) is 15.0. The van der Waals surface area contributed by atoms with E-state index in [1.807, 2.05) is 25.1 Å². The molecule has 6 heteroatoms. The number of aliphatic imine (C=N–C) groups is 1. The number of amides is 1. The van der Waals surface area contributed by atoms with E-state index in [4.69, 9.17) is 0 Å². The Morgan fingerprint density at radius 2 is 2.20 bits per heavy atom. The number of guanidine groups is 1. The van der Waals surface area contributed by atoms with Crippen molar-refractivity contribution in [1.82, 2.24) is 10.6 Å². The summed E-state index contributed by atoms with van der Waals surface area (Å²) >= 11 is 3.38. The maximum atomic E-state index is 11.9. The van der Waals surface area contributed by atoms with Crippen molar-refractivity contribution >= 4 is 33.5 Å². The third-order valence-corrected chi connectivity index (χ3v) is 3.02. The van der Waals surface area contributed by atoms with Crippen molar-refractivity contribution in [3.05, 3.63) is 40.9 Å². The molecule has 0 atom stereocenters. The Kier molecular flexibility index (Phi) is 6.79. The highest BCUT2D eigenvalue weighted by Crippen LogP contribution is 2.20. The highest BCUT2D eigenvalue weighted by atomic mass is 79.9. The minimum atomic E-state index is -0.132. The summed E-state index contributed by atoms with van der Waals surface area (Å²) in [6.45, 7) is 6.28. The number of halogens is 1. The lowest BCUT2D eigenvalue weighted by atomic mass is 10.2. The van der Waals surface area contributed by atoms with Crippen LogP contribution in [0, 0.1) is 6.92 Å². The molecule has 0 aromatic heterocycles. The molecule has 0 bridgehead atoms. The topological polar surface area (TPSA) is 65.5 Å². The lowest BCUT2D eigenvalue weighted by Crippen LogP contribution is -2.41. The molecule has 1 aromatic rings. The maximum absolute atomic E-state index is 11.9. The van der Waals surface area contributed by atoms with Gasteiger partial charge in [0.05, 0.1) is 6.54 Å². The van der Waals surface area contributed by atoms with Crippen LogP contribution >= 0.6 is 15.9 Å². The summed E-state index contributed by atoms with van der Waals surface area (Å²) in [6.07, 6.45) is 1.72. The minimum Gasteiger partial charge on any atom is -0.353 e. The van der Waals surface area contributed by atoms with Crippen LogP contribution in [0.1, 0.15) is 5.56 Å². The summed E-state index contributed by atoms with van der Waals surface area (Å²) < 4.78 is 0.926. The first kappa shape index (κ1) is 16.2. The van der Waals surface area contributed by atoms with Crippen LogP contribution in [0.3, 0.4) is 0 Å². The molecule has 0 heterocycles. The molecule has 3 N–H and O–H groups in total. The molecule has 0 radical (unpaired) electrons. The summed E-state index contributed by atoms with van der Waals surface area (Å²) in [6, 6.07) is 5.75. The molecule has 0 saturated carbocycles. The van der Waals surface area contributed by atoms with Gasteiger partial charge in [-0.15, -0.1) is 6.58 Å². The van der Waals surface area contributed by atoms with Crippen LogP contribution in [0.5, 0.6) is 0 Å². The molecule has 0 fully saturated rings. The van der Waals surface area contributed by atoms with Crippen LogP contribution in [0.25, 0.3) is 0 Å². The highest BCUT2D eigenvalue weighted by molar-refractivity contribution is 9.10. The van der Waals surface area contributed by atoms with Crippen LogP contribution in [0.15, 0.2) is 40.3 Å². The Hall–Kier alpha value is -1.82. The Balaban J connectivity index is 2.51. The zero-order valence-corrected chi connectivity index (χ0v) is 13.3. The molecule has 0 saturated heterocycles. The fourth-order valence-electron chi connectivity index (χ4n) is 1.48. The molecule has 0 spiro atoms. The number of carbonyl (C=O) groups excluding carboxylic acids is 1. The van der Waals surface area contributed by atoms with Gasteiger partial charge < -0.3 is 16.0 Å². The fraction of sp³-hybridized carbons (Fsp3) is 0.286. The molecule has 0 aliphatic carbocycles. The molecular weight excluding hydrogens is 320 g/mol. The highest BCUT2D eigenvalue weighted by Gasteiger charge is 2.06. The molecule has 0 aliphatic heterocycles. The van der Waals surface area contributed by atoms with Gasteiger partial charge in [0.1, 0.15) is 0 Å². The van der Waals surface area contributed by atoms with Crippen LogP contribution in [0.2, 0.25) is 0 Å². The third-order valence-electron chi connectivity index (χ3n) is 2.53. The zero-order valence-electron chi connectivity index (χ0n) is 11.7. The van der Waals surface area contributed by atoms with E-state index >= 15 is 0 Å². The van der Waals surface area contributed by atoms with Gasteiger partial charge in [-0.05, 0) is 24.6 Å². The van der Waals surface area contributed by atoms with E-state index in [2.05, 4.69) is 43.5 Å². The summed E-state index contributed by atoms with van der Waals surface area (Å²) in [5.74, 6) is 0.429. The number of anilines is 1. The first-order valence-corrected chi connectivity index (χ1v) is 6.97. The number of nitrogens with one attached hydrogen (secondary N) is 3. The standard InChI is InChI=1S/C14H19BrN4O/c1-4-7-17-14(16-3)18-9-13(20)19-12-8-11(15)6-5-10(12)2/h4-6,8H,1,7,9H2,2-3H3,(H,19,20)(H2,16,17,18). The molecule has 108 valence electrons. The van der Waals surface area contributed by atoms with Crippen molar-refractivity contribution in [2.45, 2.75) is 6.92 Å². The third kappa shape index (κ3) is 5.44. The lowest BCUT2D eigenvalue weighted by Gasteiger charge is -2.12. The molecule has 1 rings (SSSR count). The van der Waals surface area contributed by atoms with Gasteiger partial charge in [0, 0.05) is 23.8 Å². The minimum absolute atomic E-state index is 0.132. The van der Waals surface area contributed by atoms with E-state index in [0.29, 0.717) is 12.5 Å². The van der Waals surface area contributed by atoms with Gasteiger partial charge in [0.15, 0.2) is 5.96 Å². The smallest absolute Gasteiger partial charge is 0.243 e. The van der Waals surface area contributed by atoms with E-state index in [0.717, 1.165) is 15.7 Å². The van der Waals surface area contributed by atoms with Crippen molar-refractivity contribution in [3.63, 3.8) is 0 Å². The van der Waals surface area contributed by atoms with E-state index in [9.17, 15) is 4.79 Å². The van der Waals surface area contributed by atoms with Crippen molar-refractivity contribution < 1.29 is 4.79 Å². The molecule has 5 nitrogen and oxygen atoms in total. The van der Waals surface area contributed by atoms with Crippen molar-refractivity contribution in [3.8, 4) is 0 Å². The first-order valence-electron chi connectivity index (χ1n) is 6.18. The van der Waals surface area contributed by atoms with Gasteiger partial charge in [-0.3, -0.25) is 9.79 Å². The molecular formula is C14H19BrN4O. The monoisotopic (exact) mass is 338 g/mol. The fourth-order valence-corrected chi connectivity index (χ4v) is 1.84. The predicted octanol–water partition coefficient (Wildman–Crippen LogP) is 2.05. The van der Waals surface area contributed by atoms with Crippen LogP contribution < -0.4 is 16.0 Å². The predicted molar refractivity (Wildman–Crippen MR) is 87.1 cm³/mol. The van der Waals surface area contributed by atoms with Crippen molar-refractivity contribution in [1.29, 1.82) is 0 Å². The summed E-state index contributed by atoms with van der Waals surface area (Å²) in [4.78, 5) is 15.9. The number of rotatable bonds is 5. The maximum Gasteiger partial charge on any atom is 0.243 e. The van der Waals surface area contributed by atoms with Crippen LogP contribution in [0.4, 0.5) is 5.69 Å². The number of benzene rings is 1. The van der Waals surface area contributed by atoms with Crippen LogP contribution in [-0.2, 0) is 4.79 Å². The Morgan fingerprint density at radius 1 is 1.45 bits per heavy atom. The van der Waals surface area contributed by atoms with E-state index in [-0.39, 0.29) is 12.5 Å². The average molecular weight is 339 g/mol. The second-order valence-corrected chi connectivity index (χ2v) is 5.02. The van der Waals surface area contributed by atoms with Gasteiger partial charge >= 0.3 is 0 Å². The quantitative estimate of drug-likeness (QED) is 0.437. The number of nitrogens with zero attached hydrogens (tertiary/aromatic N) is 1. The van der Waals surface area contributed by atoms with Gasteiger partial charge in [-0.1, -0.05) is 28.1 Å².